The summed E-state index contributed by atoms with van der Waals surface area (Å²) in [4.78, 5) is 26.8. The topological polar surface area (TPSA) is 86.3 Å². The largest absolute Gasteiger partial charge is 0.361 e. The molecule has 126 valence electrons. The third kappa shape index (κ3) is 4.24. The molecule has 2 amide bonds. The number of fused-ring (bicyclic) bond motifs is 1. The Morgan fingerprint density at radius 1 is 1.12 bits per heavy atom. The van der Waals surface area contributed by atoms with Crippen molar-refractivity contribution in [1.29, 1.82) is 0 Å². The van der Waals surface area contributed by atoms with E-state index in [-0.39, 0.29) is 12.5 Å². The van der Waals surface area contributed by atoms with E-state index in [1.165, 1.54) is 0 Å². The van der Waals surface area contributed by atoms with Crippen LogP contribution in [-0.2, 0) is 4.79 Å². The number of hydrazone groups is 1. The second-order valence-corrected chi connectivity index (χ2v) is 5.71. The van der Waals surface area contributed by atoms with Gasteiger partial charge in [-0.1, -0.05) is 29.8 Å². The Balaban J connectivity index is 1.51. The summed E-state index contributed by atoms with van der Waals surface area (Å²) in [6, 6.07) is 14.2. The quantitative estimate of drug-likeness (QED) is 0.486. The molecule has 0 aliphatic rings. The van der Waals surface area contributed by atoms with E-state index in [1.807, 2.05) is 30.5 Å². The van der Waals surface area contributed by atoms with Gasteiger partial charge in [-0.25, -0.2) is 5.43 Å². The van der Waals surface area contributed by atoms with Crippen LogP contribution in [-0.4, -0.2) is 29.6 Å². The van der Waals surface area contributed by atoms with Gasteiger partial charge in [0.1, 0.15) is 0 Å². The van der Waals surface area contributed by atoms with Gasteiger partial charge in [0.15, 0.2) is 0 Å². The van der Waals surface area contributed by atoms with E-state index in [1.54, 1.807) is 30.5 Å². The van der Waals surface area contributed by atoms with E-state index in [2.05, 4.69) is 20.8 Å². The Hall–Kier alpha value is -3.12. The van der Waals surface area contributed by atoms with Crippen LogP contribution >= 0.6 is 11.6 Å². The van der Waals surface area contributed by atoms with Crippen molar-refractivity contribution in [3.63, 3.8) is 0 Å². The monoisotopic (exact) mass is 354 g/mol. The molecule has 0 unspecified atom stereocenters. The molecule has 25 heavy (non-hydrogen) atoms. The zero-order valence-electron chi connectivity index (χ0n) is 13.1. The van der Waals surface area contributed by atoms with Crippen molar-refractivity contribution < 1.29 is 9.59 Å². The van der Waals surface area contributed by atoms with Crippen LogP contribution < -0.4 is 10.7 Å². The van der Waals surface area contributed by atoms with Crippen molar-refractivity contribution in [3.05, 3.63) is 70.9 Å². The zero-order chi connectivity index (χ0) is 17.6. The highest BCUT2D eigenvalue weighted by Crippen LogP contribution is 2.15. The van der Waals surface area contributed by atoms with Crippen molar-refractivity contribution in [2.24, 2.45) is 5.10 Å². The Morgan fingerprint density at radius 2 is 1.88 bits per heavy atom. The van der Waals surface area contributed by atoms with Gasteiger partial charge in [-0.3, -0.25) is 9.59 Å². The Bertz CT molecular complexity index is 932. The third-order valence-corrected chi connectivity index (χ3v) is 3.78. The summed E-state index contributed by atoms with van der Waals surface area (Å²) in [5.41, 5.74) is 4.67. The minimum Gasteiger partial charge on any atom is -0.361 e. The standard InChI is InChI=1S/C18H15ClN4O2/c19-14-7-5-12(6-8-14)18(25)21-11-17(24)23-22-10-13-9-20-16-4-2-1-3-15(13)16/h1-10,20H,11H2,(H,21,25)(H,23,24). The summed E-state index contributed by atoms with van der Waals surface area (Å²) in [6.45, 7) is -0.174. The molecule has 2 aromatic carbocycles. The summed E-state index contributed by atoms with van der Waals surface area (Å²) in [5, 5.41) is 7.98. The second-order valence-electron chi connectivity index (χ2n) is 5.27. The van der Waals surface area contributed by atoms with Crippen molar-refractivity contribution in [1.82, 2.24) is 15.7 Å². The fourth-order valence-electron chi connectivity index (χ4n) is 2.28. The molecule has 3 N–H and O–H groups in total. The first-order valence-electron chi connectivity index (χ1n) is 7.55. The van der Waals surface area contributed by atoms with E-state index in [4.69, 9.17) is 11.6 Å². The van der Waals surface area contributed by atoms with Crippen LogP contribution in [0.1, 0.15) is 15.9 Å². The first-order chi connectivity index (χ1) is 12.1. The summed E-state index contributed by atoms with van der Waals surface area (Å²) in [6.07, 6.45) is 3.36. The number of nitrogens with zero attached hydrogens (tertiary/aromatic N) is 1. The second kappa shape index (κ2) is 7.63. The molecule has 0 aliphatic carbocycles. The van der Waals surface area contributed by atoms with E-state index < -0.39 is 5.91 Å². The van der Waals surface area contributed by atoms with Gasteiger partial charge in [-0.05, 0) is 30.3 Å². The lowest BCUT2D eigenvalue weighted by atomic mass is 10.2. The Labute approximate surface area is 148 Å². The summed E-state index contributed by atoms with van der Waals surface area (Å²) >= 11 is 5.77. The fourth-order valence-corrected chi connectivity index (χ4v) is 2.40. The fraction of sp³-hybridized carbons (Fsp3) is 0.0556. The molecule has 0 spiro atoms. The van der Waals surface area contributed by atoms with Crippen LogP contribution in [0.4, 0.5) is 0 Å². The summed E-state index contributed by atoms with van der Waals surface area (Å²) in [7, 11) is 0. The van der Waals surface area contributed by atoms with E-state index in [0.29, 0.717) is 10.6 Å². The number of benzene rings is 2. The molecule has 7 heteroatoms. The third-order valence-electron chi connectivity index (χ3n) is 3.53. The lowest BCUT2D eigenvalue weighted by Crippen LogP contribution is -2.34. The number of para-hydroxylation sites is 1. The number of hydrogen-bond acceptors (Lipinski definition) is 3. The average Bonchev–Trinajstić information content (AvgIpc) is 3.04. The van der Waals surface area contributed by atoms with Crippen molar-refractivity contribution in [2.45, 2.75) is 0 Å². The molecular formula is C18H15ClN4O2. The highest BCUT2D eigenvalue weighted by atomic mass is 35.5. The highest BCUT2D eigenvalue weighted by Gasteiger charge is 2.07. The summed E-state index contributed by atoms with van der Waals surface area (Å²) in [5.74, 6) is -0.772. The van der Waals surface area contributed by atoms with Crippen molar-refractivity contribution in [2.75, 3.05) is 6.54 Å². The Morgan fingerprint density at radius 3 is 2.68 bits per heavy atom. The number of aromatic amines is 1. The van der Waals surface area contributed by atoms with Gasteiger partial charge >= 0.3 is 0 Å². The lowest BCUT2D eigenvalue weighted by Gasteiger charge is -2.04. The molecule has 6 nitrogen and oxygen atoms in total. The molecule has 0 saturated heterocycles. The first-order valence-corrected chi connectivity index (χ1v) is 7.93. The smallest absolute Gasteiger partial charge is 0.259 e. The molecule has 0 aliphatic heterocycles. The van der Waals surface area contributed by atoms with E-state index in [0.717, 1.165) is 16.5 Å². The van der Waals surface area contributed by atoms with Gasteiger partial charge in [0.05, 0.1) is 12.8 Å². The van der Waals surface area contributed by atoms with Gasteiger partial charge in [0.2, 0.25) is 0 Å². The normalized spacial score (nSPS) is 10.9. The maximum atomic E-state index is 11.9. The molecule has 0 radical (unpaired) electrons. The number of aromatic nitrogens is 1. The number of H-pyrrole nitrogens is 1. The van der Waals surface area contributed by atoms with Gasteiger partial charge < -0.3 is 10.3 Å². The number of hydrogen-bond donors (Lipinski definition) is 3. The molecule has 0 saturated carbocycles. The van der Waals surface area contributed by atoms with Crippen LogP contribution in [0.2, 0.25) is 5.02 Å². The molecule has 0 atom stereocenters. The van der Waals surface area contributed by atoms with Crippen LogP contribution in [0.25, 0.3) is 10.9 Å². The Kier molecular flexibility index (Phi) is 5.11. The van der Waals surface area contributed by atoms with Gasteiger partial charge in [0, 0.05) is 33.2 Å². The predicted octanol–water partition coefficient (Wildman–Crippen LogP) is 2.70. The minimum atomic E-state index is -0.418. The zero-order valence-corrected chi connectivity index (χ0v) is 13.9. The summed E-state index contributed by atoms with van der Waals surface area (Å²) < 4.78 is 0. The minimum absolute atomic E-state index is 0.174. The molecule has 3 rings (SSSR count). The molecule has 1 aromatic heterocycles. The van der Waals surface area contributed by atoms with Gasteiger partial charge in [-0.15, -0.1) is 0 Å². The number of rotatable bonds is 5. The van der Waals surface area contributed by atoms with Crippen molar-refractivity contribution >= 4 is 40.5 Å². The molecular weight excluding hydrogens is 340 g/mol. The van der Waals surface area contributed by atoms with E-state index >= 15 is 0 Å². The van der Waals surface area contributed by atoms with Crippen LogP contribution in [0, 0.1) is 0 Å². The number of halogens is 1. The molecule has 1 heterocycles. The average molecular weight is 355 g/mol. The number of amides is 2. The maximum Gasteiger partial charge on any atom is 0.259 e. The number of carbonyl (C=O) groups is 2. The van der Waals surface area contributed by atoms with Crippen LogP contribution in [0.5, 0.6) is 0 Å². The van der Waals surface area contributed by atoms with Crippen LogP contribution in [0.3, 0.4) is 0 Å². The molecule has 3 aromatic rings. The first kappa shape index (κ1) is 16.7. The predicted molar refractivity (Wildman–Crippen MR) is 97.8 cm³/mol. The maximum absolute atomic E-state index is 11.9. The van der Waals surface area contributed by atoms with E-state index in [9.17, 15) is 9.59 Å². The van der Waals surface area contributed by atoms with Crippen molar-refractivity contribution in [3.8, 4) is 0 Å². The lowest BCUT2D eigenvalue weighted by molar-refractivity contribution is -0.120. The molecule has 0 bridgehead atoms. The molecule has 0 fully saturated rings. The number of nitrogens with one attached hydrogen (secondary N) is 3. The highest BCUT2D eigenvalue weighted by molar-refractivity contribution is 6.30. The van der Waals surface area contributed by atoms with Gasteiger partial charge in [-0.2, -0.15) is 5.10 Å². The number of carbonyl (C=O) groups excluding carboxylic acids is 2. The van der Waals surface area contributed by atoms with Crippen LogP contribution in [0.15, 0.2) is 59.8 Å². The SMILES string of the molecule is O=C(CNC(=O)c1ccc(Cl)cc1)NN=Cc1c[nH]c2ccccc12. The van der Waals surface area contributed by atoms with Gasteiger partial charge in [0.25, 0.3) is 11.8 Å².